The highest BCUT2D eigenvalue weighted by Gasteiger charge is 2.29. The summed E-state index contributed by atoms with van der Waals surface area (Å²) in [6.45, 7) is 6.34. The predicted octanol–water partition coefficient (Wildman–Crippen LogP) is 5.65. The van der Waals surface area contributed by atoms with Crippen LogP contribution in [0.15, 0.2) is 103 Å². The van der Waals surface area contributed by atoms with Crippen LogP contribution in [0.3, 0.4) is 0 Å². The van der Waals surface area contributed by atoms with Crippen LogP contribution in [-0.2, 0) is 35.3 Å². The van der Waals surface area contributed by atoms with Crippen LogP contribution >= 0.6 is 0 Å². The number of primary amides is 1. The number of nitrogens with two attached hydrogens (primary N) is 1. The molecule has 1 aliphatic rings. The van der Waals surface area contributed by atoms with Gasteiger partial charge in [-0.15, -0.1) is 0 Å². The number of aromatic amines is 1. The quantitative estimate of drug-likeness (QED) is 0.0306. The smallest absolute Gasteiger partial charge is 0.409 e. The Labute approximate surface area is 417 Å². The number of aryl methyl sites for hydroxylation is 1. The summed E-state index contributed by atoms with van der Waals surface area (Å²) >= 11 is 0. The normalized spacial score (nSPS) is 12.8. The van der Waals surface area contributed by atoms with Gasteiger partial charge in [-0.25, -0.2) is 9.59 Å². The standard InChI is InChI=1S/C52H61N11O9/c1-33(2)47(60-44(64)13-6-5-7-27-63-45(65)22-23-46(63)66)50(68)59-42(12-9-25-55-51(53)69)49(67)58-38-18-14-35(15-19-38)32-72-52(70)62(4)28-29-71-39-20-16-36(17-21-39)43-30-37(24-26-54-43)40-31-56-61-48(40)41-11-8-10-34(3)57-41/h8,10-11,14-24,26,30-31,33,42,47H,5-7,9,12-13,25,27-29,32H2,1-4H3,(H,56,61)(H,58,67)(H,59,68)(H,60,64)(H3,53,55,69)/t42-,47-/m0/s1. The molecule has 6 rings (SSSR count). The molecule has 20 heteroatoms. The molecule has 72 heavy (non-hydrogen) atoms. The van der Waals surface area contributed by atoms with E-state index in [1.54, 1.807) is 57.6 Å². The van der Waals surface area contributed by atoms with Gasteiger partial charge < -0.3 is 41.4 Å². The summed E-state index contributed by atoms with van der Waals surface area (Å²) in [6, 6.07) is 21.3. The maximum atomic E-state index is 13.6. The maximum Gasteiger partial charge on any atom is 0.409 e. The number of hydrogen-bond acceptors (Lipinski definition) is 12. The molecule has 2 atom stereocenters. The van der Waals surface area contributed by atoms with Crippen molar-refractivity contribution in [1.82, 2.24) is 45.9 Å². The third-order valence-electron chi connectivity index (χ3n) is 11.6. The Morgan fingerprint density at radius 3 is 2.31 bits per heavy atom. The van der Waals surface area contributed by atoms with E-state index in [1.807, 2.05) is 61.5 Å². The van der Waals surface area contributed by atoms with E-state index in [0.29, 0.717) is 42.7 Å². The predicted molar refractivity (Wildman–Crippen MR) is 268 cm³/mol. The number of carbonyl (C=O) groups is 7. The number of pyridine rings is 2. The SMILES string of the molecule is Cc1cccc(-c2[nH]ncc2-c2ccnc(-c3ccc(OCCN(C)C(=O)OCc4ccc(NC(=O)[C@H](CCCNC(N)=O)NC(=O)[C@@H](NC(=O)CCCCCN5C(=O)C=CC5=O)C(C)C)cc4)cc3)c2)n1. The monoisotopic (exact) mass is 983 g/mol. The van der Waals surface area contributed by atoms with Gasteiger partial charge in [-0.3, -0.25) is 43.9 Å². The lowest BCUT2D eigenvalue weighted by Gasteiger charge is -2.25. The summed E-state index contributed by atoms with van der Waals surface area (Å²) < 4.78 is 11.4. The molecular weight excluding hydrogens is 923 g/mol. The number of unbranched alkanes of at least 4 members (excludes halogenated alkanes) is 2. The largest absolute Gasteiger partial charge is 0.492 e. The molecule has 0 saturated heterocycles. The third-order valence-corrected chi connectivity index (χ3v) is 11.6. The first kappa shape index (κ1) is 52.9. The average molecular weight is 984 g/mol. The van der Waals surface area contributed by atoms with E-state index in [0.717, 1.165) is 44.4 Å². The lowest BCUT2D eigenvalue weighted by atomic mass is 10.0. The van der Waals surface area contributed by atoms with Crippen molar-refractivity contribution in [2.75, 3.05) is 38.6 Å². The summed E-state index contributed by atoms with van der Waals surface area (Å²) in [4.78, 5) is 99.4. The molecule has 5 aromatic rings. The molecule has 0 fully saturated rings. The van der Waals surface area contributed by atoms with Gasteiger partial charge >= 0.3 is 12.1 Å². The van der Waals surface area contributed by atoms with Crippen LogP contribution in [0.4, 0.5) is 15.3 Å². The van der Waals surface area contributed by atoms with Gasteiger partial charge in [-0.1, -0.05) is 38.5 Å². The van der Waals surface area contributed by atoms with E-state index in [1.165, 1.54) is 17.1 Å². The molecule has 0 saturated carbocycles. The summed E-state index contributed by atoms with van der Waals surface area (Å²) in [7, 11) is 1.61. The Kier molecular flexibility index (Phi) is 19.1. The van der Waals surface area contributed by atoms with Crippen LogP contribution in [0, 0.1) is 12.8 Å². The lowest BCUT2D eigenvalue weighted by molar-refractivity contribution is -0.137. The van der Waals surface area contributed by atoms with Gasteiger partial charge in [-0.2, -0.15) is 5.10 Å². The molecule has 0 bridgehead atoms. The second-order valence-electron chi connectivity index (χ2n) is 17.5. The number of aromatic nitrogens is 4. The summed E-state index contributed by atoms with van der Waals surface area (Å²) in [6.07, 6.45) is 7.60. The molecule has 8 amide bonds. The van der Waals surface area contributed by atoms with Crippen molar-refractivity contribution >= 4 is 47.3 Å². The minimum absolute atomic E-state index is 0.0358. The summed E-state index contributed by atoms with van der Waals surface area (Å²) in [5, 5.41) is 18.2. The number of rotatable bonds is 25. The fourth-order valence-corrected chi connectivity index (χ4v) is 7.63. The summed E-state index contributed by atoms with van der Waals surface area (Å²) in [5.74, 6) is -1.85. The van der Waals surface area contributed by atoms with Gasteiger partial charge in [-0.05, 0) is 110 Å². The number of anilines is 1. The van der Waals surface area contributed by atoms with Crippen LogP contribution < -0.4 is 31.7 Å². The van der Waals surface area contributed by atoms with Crippen molar-refractivity contribution in [1.29, 1.82) is 0 Å². The molecule has 0 aliphatic carbocycles. The van der Waals surface area contributed by atoms with Gasteiger partial charge in [0.05, 0.1) is 29.8 Å². The fourth-order valence-electron chi connectivity index (χ4n) is 7.63. The van der Waals surface area contributed by atoms with E-state index >= 15 is 0 Å². The van der Waals surface area contributed by atoms with Gasteiger partial charge in [0.2, 0.25) is 17.7 Å². The Hall–Kier alpha value is -8.42. The second kappa shape index (κ2) is 26.0. The van der Waals surface area contributed by atoms with Gasteiger partial charge in [0.1, 0.15) is 31.0 Å². The number of imide groups is 1. The Morgan fingerprint density at radius 2 is 1.60 bits per heavy atom. The second-order valence-corrected chi connectivity index (χ2v) is 17.5. The highest BCUT2D eigenvalue weighted by Crippen LogP contribution is 2.31. The first-order chi connectivity index (χ1) is 34.6. The number of likely N-dealkylation sites (N-methyl/N-ethyl adjacent to an activating group) is 1. The molecule has 4 heterocycles. The van der Waals surface area contributed by atoms with Crippen LogP contribution in [0.2, 0.25) is 0 Å². The van der Waals surface area contributed by atoms with E-state index < -0.39 is 36.0 Å². The van der Waals surface area contributed by atoms with Crippen molar-refractivity contribution in [3.05, 3.63) is 115 Å². The number of amides is 8. The highest BCUT2D eigenvalue weighted by molar-refractivity contribution is 6.12. The molecule has 0 unspecified atom stereocenters. The Balaban J connectivity index is 0.932. The van der Waals surface area contributed by atoms with Crippen LogP contribution in [0.25, 0.3) is 33.8 Å². The molecular formula is C52H61N11O9. The number of nitrogens with one attached hydrogen (secondary N) is 5. The van der Waals surface area contributed by atoms with Crippen LogP contribution in [0.1, 0.15) is 63.6 Å². The first-order valence-electron chi connectivity index (χ1n) is 23.8. The topological polar surface area (TPSA) is 273 Å². The zero-order valence-corrected chi connectivity index (χ0v) is 40.8. The first-order valence-corrected chi connectivity index (χ1v) is 23.8. The average Bonchev–Trinajstić information content (AvgIpc) is 3.99. The van der Waals surface area contributed by atoms with E-state index in [-0.39, 0.29) is 69.3 Å². The molecule has 1 aliphatic heterocycles. The van der Waals surface area contributed by atoms with Crippen LogP contribution in [0.5, 0.6) is 5.75 Å². The summed E-state index contributed by atoms with van der Waals surface area (Å²) in [5.41, 5.74) is 12.3. The van der Waals surface area contributed by atoms with Crippen molar-refractivity contribution in [3.63, 3.8) is 0 Å². The van der Waals surface area contributed by atoms with Crippen molar-refractivity contribution in [2.45, 2.75) is 78.0 Å². The van der Waals surface area contributed by atoms with E-state index in [9.17, 15) is 33.6 Å². The molecule has 0 radical (unpaired) electrons. The molecule has 378 valence electrons. The van der Waals surface area contributed by atoms with Gasteiger partial charge in [0, 0.05) is 67.4 Å². The Morgan fingerprint density at radius 1 is 0.847 bits per heavy atom. The molecule has 0 spiro atoms. The van der Waals surface area contributed by atoms with E-state index in [4.69, 9.17) is 15.2 Å². The number of ether oxygens (including phenoxy) is 2. The minimum atomic E-state index is -1.04. The van der Waals surface area contributed by atoms with Crippen LogP contribution in [-0.4, -0.2) is 117 Å². The number of benzene rings is 2. The minimum Gasteiger partial charge on any atom is -0.492 e. The third kappa shape index (κ3) is 15.5. The van der Waals surface area contributed by atoms with Gasteiger partial charge in [0.15, 0.2) is 0 Å². The lowest BCUT2D eigenvalue weighted by Crippen LogP contribution is -2.54. The van der Waals surface area contributed by atoms with Crippen molar-refractivity contribution in [3.8, 4) is 39.5 Å². The van der Waals surface area contributed by atoms with Crippen molar-refractivity contribution in [2.24, 2.45) is 11.7 Å². The van der Waals surface area contributed by atoms with E-state index in [2.05, 4.69) is 41.4 Å². The number of H-pyrrole nitrogens is 1. The fraction of sp³-hybridized carbons (Fsp3) is 0.346. The van der Waals surface area contributed by atoms with Gasteiger partial charge in [0.25, 0.3) is 11.8 Å². The zero-order valence-electron chi connectivity index (χ0n) is 40.8. The number of hydrogen-bond donors (Lipinski definition) is 6. The number of nitrogens with zero attached hydrogens (tertiary/aromatic N) is 5. The molecule has 7 N–H and O–H groups in total. The van der Waals surface area contributed by atoms with Crippen molar-refractivity contribution < 1.29 is 43.0 Å². The molecule has 3 aromatic heterocycles. The highest BCUT2D eigenvalue weighted by atomic mass is 16.6. The Bertz CT molecular complexity index is 2710. The number of carbonyl (C=O) groups excluding carboxylic acids is 7. The number of urea groups is 1. The molecule has 20 nitrogen and oxygen atoms in total. The zero-order chi connectivity index (χ0) is 51.6. The maximum absolute atomic E-state index is 13.6. The molecule has 2 aromatic carbocycles.